The van der Waals surface area contributed by atoms with Crippen LogP contribution in [0.1, 0.15) is 11.1 Å². The molecule has 3 aromatic rings. The van der Waals surface area contributed by atoms with Gasteiger partial charge in [-0.15, -0.1) is 11.8 Å². The summed E-state index contributed by atoms with van der Waals surface area (Å²) in [5.41, 5.74) is 4.06. The highest BCUT2D eigenvalue weighted by Crippen LogP contribution is 2.30. The Hall–Kier alpha value is -2.38. The summed E-state index contributed by atoms with van der Waals surface area (Å²) < 4.78 is 11.2. The van der Waals surface area contributed by atoms with Crippen molar-refractivity contribution in [3.05, 3.63) is 86.9 Å². The van der Waals surface area contributed by atoms with E-state index in [4.69, 9.17) is 44.3 Å². The minimum atomic E-state index is -0.215. The maximum Gasteiger partial charge on any atom is 0.250 e. The molecule has 0 heterocycles. The van der Waals surface area contributed by atoms with E-state index in [9.17, 15) is 4.79 Å². The number of thioether (sulfide) groups is 1. The van der Waals surface area contributed by atoms with Gasteiger partial charge in [0, 0.05) is 25.5 Å². The average Bonchev–Trinajstić information content (AvgIpc) is 2.78. The van der Waals surface area contributed by atoms with E-state index in [2.05, 4.69) is 10.5 Å². The van der Waals surface area contributed by atoms with Gasteiger partial charge in [0.1, 0.15) is 6.61 Å². The van der Waals surface area contributed by atoms with E-state index >= 15 is 0 Å². The van der Waals surface area contributed by atoms with Crippen LogP contribution in [0.15, 0.2) is 70.7 Å². The molecule has 1 N–H and O–H groups in total. The van der Waals surface area contributed by atoms with Crippen LogP contribution in [0.2, 0.25) is 15.1 Å². The number of nitrogens with zero attached hydrogens (tertiary/aromatic N) is 1. The van der Waals surface area contributed by atoms with E-state index in [0.717, 1.165) is 16.0 Å². The maximum absolute atomic E-state index is 12.0. The van der Waals surface area contributed by atoms with Gasteiger partial charge in [-0.1, -0.05) is 40.9 Å². The van der Waals surface area contributed by atoms with Gasteiger partial charge in [-0.25, -0.2) is 5.43 Å². The molecule has 32 heavy (non-hydrogen) atoms. The molecule has 5 nitrogen and oxygen atoms in total. The van der Waals surface area contributed by atoms with Crippen LogP contribution in [0, 0.1) is 0 Å². The summed E-state index contributed by atoms with van der Waals surface area (Å²) in [6.07, 6.45) is 1.53. The van der Waals surface area contributed by atoms with E-state index in [1.54, 1.807) is 49.6 Å². The largest absolute Gasteiger partial charge is 0.493 e. The van der Waals surface area contributed by atoms with Crippen LogP contribution in [0.5, 0.6) is 11.5 Å². The quantitative estimate of drug-likeness (QED) is 0.204. The summed E-state index contributed by atoms with van der Waals surface area (Å²) in [6, 6.07) is 17.9. The van der Waals surface area contributed by atoms with E-state index in [-0.39, 0.29) is 18.3 Å². The second-order valence-corrected chi connectivity index (χ2v) is 8.80. The van der Waals surface area contributed by atoms with Crippen LogP contribution in [0.3, 0.4) is 0 Å². The number of hydrogen-bond acceptors (Lipinski definition) is 5. The number of rotatable bonds is 9. The molecule has 0 aliphatic heterocycles. The Balaban J connectivity index is 1.53. The second kappa shape index (κ2) is 12.0. The van der Waals surface area contributed by atoms with Gasteiger partial charge in [-0.2, -0.15) is 5.10 Å². The fraction of sp³-hybridized carbons (Fsp3) is 0.130. The summed E-state index contributed by atoms with van der Waals surface area (Å²) in [5, 5.41) is 5.76. The number of hydrogen-bond donors (Lipinski definition) is 1. The lowest BCUT2D eigenvalue weighted by Gasteiger charge is -2.12. The normalized spacial score (nSPS) is 10.9. The Morgan fingerprint density at radius 2 is 1.75 bits per heavy atom. The molecule has 0 atom stereocenters. The number of benzene rings is 3. The summed E-state index contributed by atoms with van der Waals surface area (Å²) >= 11 is 19.4. The predicted molar refractivity (Wildman–Crippen MR) is 132 cm³/mol. The fourth-order valence-corrected chi connectivity index (χ4v) is 3.85. The highest BCUT2D eigenvalue weighted by Gasteiger charge is 2.08. The molecular weight excluding hydrogens is 491 g/mol. The van der Waals surface area contributed by atoms with Crippen molar-refractivity contribution in [2.75, 3.05) is 12.9 Å². The number of methoxy groups -OCH3 is 1. The first-order valence-electron chi connectivity index (χ1n) is 9.39. The highest BCUT2D eigenvalue weighted by molar-refractivity contribution is 8.00. The van der Waals surface area contributed by atoms with Crippen LogP contribution >= 0.6 is 46.6 Å². The third kappa shape index (κ3) is 7.35. The minimum Gasteiger partial charge on any atom is -0.493 e. The molecule has 0 bridgehead atoms. The van der Waals surface area contributed by atoms with E-state index in [1.165, 1.54) is 18.0 Å². The van der Waals surface area contributed by atoms with Crippen molar-refractivity contribution in [3.8, 4) is 11.5 Å². The van der Waals surface area contributed by atoms with Crippen molar-refractivity contribution in [1.82, 2.24) is 5.43 Å². The molecule has 0 aliphatic rings. The Bertz CT molecular complexity index is 1110. The smallest absolute Gasteiger partial charge is 0.250 e. The number of carbonyl (C=O) groups is 1. The zero-order valence-electron chi connectivity index (χ0n) is 17.0. The maximum atomic E-state index is 12.0. The van der Waals surface area contributed by atoms with Crippen LogP contribution in [0.4, 0.5) is 0 Å². The summed E-state index contributed by atoms with van der Waals surface area (Å²) in [6.45, 7) is 0.265. The van der Waals surface area contributed by atoms with Gasteiger partial charge in [0.2, 0.25) is 5.91 Å². The molecule has 1 amide bonds. The van der Waals surface area contributed by atoms with Crippen molar-refractivity contribution in [1.29, 1.82) is 0 Å². The van der Waals surface area contributed by atoms with Crippen molar-refractivity contribution in [2.24, 2.45) is 5.10 Å². The number of halogens is 3. The lowest BCUT2D eigenvalue weighted by atomic mass is 10.2. The van der Waals surface area contributed by atoms with Crippen LogP contribution < -0.4 is 14.9 Å². The number of ether oxygens (including phenoxy) is 2. The molecule has 0 fully saturated rings. The third-order valence-corrected chi connectivity index (χ3v) is 6.02. The predicted octanol–water partition coefficient (Wildman–Crippen LogP) is 6.48. The van der Waals surface area contributed by atoms with Gasteiger partial charge in [0.05, 0.1) is 19.1 Å². The van der Waals surface area contributed by atoms with Gasteiger partial charge >= 0.3 is 0 Å². The lowest BCUT2D eigenvalue weighted by Crippen LogP contribution is -2.19. The molecular formula is C23H19Cl3N2O3S. The van der Waals surface area contributed by atoms with Gasteiger partial charge < -0.3 is 9.47 Å². The van der Waals surface area contributed by atoms with Crippen molar-refractivity contribution >= 4 is 58.7 Å². The number of amides is 1. The molecule has 166 valence electrons. The van der Waals surface area contributed by atoms with Crippen molar-refractivity contribution in [2.45, 2.75) is 11.5 Å². The van der Waals surface area contributed by atoms with Crippen molar-refractivity contribution in [3.63, 3.8) is 0 Å². The first kappa shape index (κ1) is 24.3. The van der Waals surface area contributed by atoms with E-state index in [1.807, 2.05) is 18.2 Å². The minimum absolute atomic E-state index is 0.215. The standard InChI is InChI=1S/C23H19Cl3N2O3S/c1-30-22-10-15(2-9-21(22)31-13-16-3-4-18(25)11-20(16)26)12-27-28-23(29)14-32-19-7-5-17(24)6-8-19/h2-12H,13-14H2,1H3,(H,28,29)/b27-12-. The molecule has 0 unspecified atom stereocenters. The Kier molecular flexibility index (Phi) is 9.11. The third-order valence-electron chi connectivity index (χ3n) is 4.17. The lowest BCUT2D eigenvalue weighted by molar-refractivity contribution is -0.118. The van der Waals surface area contributed by atoms with Gasteiger partial charge in [0.15, 0.2) is 11.5 Å². The number of carbonyl (C=O) groups excluding carboxylic acids is 1. The van der Waals surface area contributed by atoms with Gasteiger partial charge in [-0.05, 0) is 60.2 Å². The summed E-state index contributed by atoms with van der Waals surface area (Å²) in [5.74, 6) is 1.11. The monoisotopic (exact) mass is 508 g/mol. The van der Waals surface area contributed by atoms with E-state index in [0.29, 0.717) is 26.6 Å². The summed E-state index contributed by atoms with van der Waals surface area (Å²) in [4.78, 5) is 12.9. The van der Waals surface area contributed by atoms with Crippen LogP contribution in [-0.2, 0) is 11.4 Å². The average molecular weight is 510 g/mol. The topological polar surface area (TPSA) is 59.9 Å². The van der Waals surface area contributed by atoms with E-state index < -0.39 is 0 Å². The van der Waals surface area contributed by atoms with Crippen molar-refractivity contribution < 1.29 is 14.3 Å². The Morgan fingerprint density at radius 1 is 1.00 bits per heavy atom. The molecule has 9 heteroatoms. The van der Waals surface area contributed by atoms with Crippen LogP contribution in [-0.4, -0.2) is 25.0 Å². The molecule has 0 spiro atoms. The molecule has 0 aliphatic carbocycles. The molecule has 3 aromatic carbocycles. The highest BCUT2D eigenvalue weighted by atomic mass is 35.5. The Morgan fingerprint density at radius 3 is 2.47 bits per heavy atom. The first-order valence-corrected chi connectivity index (χ1v) is 11.5. The summed E-state index contributed by atoms with van der Waals surface area (Å²) in [7, 11) is 1.55. The van der Waals surface area contributed by atoms with Gasteiger partial charge in [0.25, 0.3) is 0 Å². The number of hydrazone groups is 1. The SMILES string of the molecule is COc1cc(/C=N\NC(=O)CSc2ccc(Cl)cc2)ccc1OCc1ccc(Cl)cc1Cl. The second-order valence-electron chi connectivity index (χ2n) is 6.47. The molecule has 0 saturated carbocycles. The molecule has 3 rings (SSSR count). The molecule has 0 aromatic heterocycles. The number of nitrogens with one attached hydrogen (secondary N) is 1. The molecule has 0 radical (unpaired) electrons. The molecule has 0 saturated heterocycles. The van der Waals surface area contributed by atoms with Gasteiger partial charge in [-0.3, -0.25) is 4.79 Å². The Labute approximate surface area is 205 Å². The zero-order valence-corrected chi connectivity index (χ0v) is 20.1. The van der Waals surface area contributed by atoms with Crippen LogP contribution in [0.25, 0.3) is 0 Å². The zero-order chi connectivity index (χ0) is 22.9. The first-order chi connectivity index (χ1) is 15.4. The fourth-order valence-electron chi connectivity index (χ4n) is 2.57.